The Morgan fingerprint density at radius 1 is 1.33 bits per heavy atom. The molecule has 0 heterocycles. The van der Waals surface area contributed by atoms with Gasteiger partial charge in [0, 0.05) is 17.4 Å². The number of halogens is 2. The maximum absolute atomic E-state index is 13.9. The summed E-state index contributed by atoms with van der Waals surface area (Å²) in [5.41, 5.74) is -0.778. The van der Waals surface area contributed by atoms with E-state index >= 15 is 0 Å². The Morgan fingerprint density at radius 2 is 2.00 bits per heavy atom. The number of benzene rings is 1. The second-order valence-corrected chi connectivity index (χ2v) is 6.59. The highest BCUT2D eigenvalue weighted by Gasteiger charge is 2.32. The number of hydrogen-bond donors (Lipinski definition) is 1. The zero-order valence-electron chi connectivity index (χ0n) is 11.8. The maximum Gasteiger partial charge on any atom is 0.295 e. The average Bonchev–Trinajstić information content (AvgIpc) is 2.49. The van der Waals surface area contributed by atoms with Crippen LogP contribution in [0.15, 0.2) is 12.1 Å². The first-order valence-electron chi connectivity index (χ1n) is 6.90. The maximum atomic E-state index is 13.9. The van der Waals surface area contributed by atoms with Crippen molar-refractivity contribution in [1.29, 1.82) is 0 Å². The number of thioether (sulfide) groups is 1. The van der Waals surface area contributed by atoms with Crippen LogP contribution in [-0.2, 0) is 0 Å². The standard InChI is InChI=1S/C14H18F2N2O2S/c1-21-14(7-3-2-4-8-14)9-17-13-11(18(19)20)6-5-10(15)12(13)16/h5-6,17H,2-4,7-9H2,1H3. The molecule has 1 aliphatic rings. The van der Waals surface area contributed by atoms with Gasteiger partial charge in [-0.2, -0.15) is 11.8 Å². The molecule has 0 spiro atoms. The van der Waals surface area contributed by atoms with Crippen molar-refractivity contribution >= 4 is 23.1 Å². The van der Waals surface area contributed by atoms with Gasteiger partial charge in [0.1, 0.15) is 0 Å². The van der Waals surface area contributed by atoms with Crippen LogP contribution in [0.2, 0.25) is 0 Å². The summed E-state index contributed by atoms with van der Waals surface area (Å²) in [7, 11) is 0. The third-order valence-corrected chi connectivity index (χ3v) is 5.47. The number of anilines is 1. The molecule has 0 aliphatic heterocycles. The number of nitro groups is 1. The number of nitro benzene ring substituents is 1. The monoisotopic (exact) mass is 316 g/mol. The average molecular weight is 316 g/mol. The largest absolute Gasteiger partial charge is 0.376 e. The van der Waals surface area contributed by atoms with Crippen LogP contribution in [0.5, 0.6) is 0 Å². The number of nitrogens with zero attached hydrogens (tertiary/aromatic N) is 1. The zero-order valence-corrected chi connectivity index (χ0v) is 12.6. The van der Waals surface area contributed by atoms with Crippen molar-refractivity contribution in [2.24, 2.45) is 0 Å². The molecule has 0 radical (unpaired) electrons. The van der Waals surface area contributed by atoms with E-state index in [1.54, 1.807) is 11.8 Å². The zero-order chi connectivity index (χ0) is 15.5. The van der Waals surface area contributed by atoms with E-state index in [1.165, 1.54) is 6.42 Å². The van der Waals surface area contributed by atoms with Crippen molar-refractivity contribution in [2.75, 3.05) is 18.1 Å². The van der Waals surface area contributed by atoms with Gasteiger partial charge in [-0.3, -0.25) is 10.1 Å². The second-order valence-electron chi connectivity index (χ2n) is 5.31. The molecule has 1 N–H and O–H groups in total. The summed E-state index contributed by atoms with van der Waals surface area (Å²) in [6.45, 7) is 0.398. The van der Waals surface area contributed by atoms with Gasteiger partial charge in [-0.15, -0.1) is 0 Å². The molecule has 1 aromatic rings. The van der Waals surface area contributed by atoms with Gasteiger partial charge >= 0.3 is 0 Å². The van der Waals surface area contributed by atoms with Gasteiger partial charge in [0.05, 0.1) is 4.92 Å². The fourth-order valence-electron chi connectivity index (χ4n) is 2.76. The molecule has 21 heavy (non-hydrogen) atoms. The van der Waals surface area contributed by atoms with E-state index in [9.17, 15) is 18.9 Å². The van der Waals surface area contributed by atoms with Gasteiger partial charge in [-0.1, -0.05) is 19.3 Å². The molecule has 1 saturated carbocycles. The predicted molar refractivity (Wildman–Crippen MR) is 80.8 cm³/mol. The van der Waals surface area contributed by atoms with E-state index in [2.05, 4.69) is 5.32 Å². The smallest absolute Gasteiger partial charge is 0.295 e. The third-order valence-electron chi connectivity index (χ3n) is 4.05. The van der Waals surface area contributed by atoms with Crippen molar-refractivity contribution in [2.45, 2.75) is 36.9 Å². The summed E-state index contributed by atoms with van der Waals surface area (Å²) in [6, 6.07) is 1.77. The number of hydrogen-bond acceptors (Lipinski definition) is 4. The quantitative estimate of drug-likeness (QED) is 0.648. The third kappa shape index (κ3) is 3.45. The van der Waals surface area contributed by atoms with Gasteiger partial charge in [-0.25, -0.2) is 8.78 Å². The summed E-state index contributed by atoms with van der Waals surface area (Å²) in [5, 5.41) is 13.7. The second kappa shape index (κ2) is 6.60. The molecule has 0 unspecified atom stereocenters. The first-order valence-corrected chi connectivity index (χ1v) is 8.13. The highest BCUT2D eigenvalue weighted by Crippen LogP contribution is 2.39. The lowest BCUT2D eigenvalue weighted by Gasteiger charge is -2.36. The first kappa shape index (κ1) is 16.0. The Balaban J connectivity index is 2.22. The Bertz CT molecular complexity index is 534. The number of rotatable bonds is 5. The fraction of sp³-hybridized carbons (Fsp3) is 0.571. The molecule has 2 rings (SSSR count). The van der Waals surface area contributed by atoms with Crippen molar-refractivity contribution < 1.29 is 13.7 Å². The van der Waals surface area contributed by atoms with Gasteiger partial charge in [-0.05, 0) is 25.2 Å². The van der Waals surface area contributed by atoms with Crippen molar-refractivity contribution in [3.05, 3.63) is 33.9 Å². The molecule has 1 aromatic carbocycles. The lowest BCUT2D eigenvalue weighted by Crippen LogP contribution is -2.35. The van der Waals surface area contributed by atoms with Gasteiger partial charge in [0.25, 0.3) is 5.69 Å². The Morgan fingerprint density at radius 3 is 2.57 bits per heavy atom. The van der Waals surface area contributed by atoms with Crippen molar-refractivity contribution in [3.8, 4) is 0 Å². The summed E-state index contributed by atoms with van der Waals surface area (Å²) in [6.07, 6.45) is 7.31. The summed E-state index contributed by atoms with van der Waals surface area (Å²) < 4.78 is 27.1. The Labute approximate surface area is 126 Å². The molecule has 7 heteroatoms. The summed E-state index contributed by atoms with van der Waals surface area (Å²) >= 11 is 1.69. The van der Waals surface area contributed by atoms with E-state index in [0.29, 0.717) is 6.54 Å². The van der Waals surface area contributed by atoms with E-state index in [-0.39, 0.29) is 10.4 Å². The SMILES string of the molecule is CSC1(CNc2c([N+](=O)[O-])ccc(F)c2F)CCCCC1. The molecule has 1 aliphatic carbocycles. The minimum Gasteiger partial charge on any atom is -0.376 e. The molecule has 0 saturated heterocycles. The molecule has 0 amide bonds. The van der Waals surface area contributed by atoms with Crippen LogP contribution in [0.3, 0.4) is 0 Å². The molecule has 0 bridgehead atoms. The van der Waals surface area contributed by atoms with Crippen LogP contribution in [0.4, 0.5) is 20.2 Å². The lowest BCUT2D eigenvalue weighted by molar-refractivity contribution is -0.384. The van der Waals surface area contributed by atoms with Crippen LogP contribution >= 0.6 is 11.8 Å². The molecule has 4 nitrogen and oxygen atoms in total. The van der Waals surface area contributed by atoms with E-state index in [4.69, 9.17) is 0 Å². The predicted octanol–water partition coefficient (Wildman–Crippen LogP) is 4.35. The highest BCUT2D eigenvalue weighted by molar-refractivity contribution is 8.00. The van der Waals surface area contributed by atoms with Crippen LogP contribution in [0.25, 0.3) is 0 Å². The fourth-order valence-corrected chi connectivity index (χ4v) is 3.67. The van der Waals surface area contributed by atoms with Crippen LogP contribution in [-0.4, -0.2) is 22.5 Å². The molecule has 0 aromatic heterocycles. The van der Waals surface area contributed by atoms with Gasteiger partial charge < -0.3 is 5.32 Å². The summed E-state index contributed by atoms with van der Waals surface area (Å²) in [5.74, 6) is -2.26. The number of nitrogens with one attached hydrogen (secondary N) is 1. The Hall–Kier alpha value is -1.37. The van der Waals surface area contributed by atoms with Crippen molar-refractivity contribution in [1.82, 2.24) is 0 Å². The highest BCUT2D eigenvalue weighted by atomic mass is 32.2. The molecular weight excluding hydrogens is 298 g/mol. The Kier molecular flexibility index (Phi) is 5.03. The topological polar surface area (TPSA) is 55.2 Å². The van der Waals surface area contributed by atoms with Crippen LogP contribution in [0, 0.1) is 21.7 Å². The summed E-state index contributed by atoms with van der Waals surface area (Å²) in [4.78, 5) is 10.3. The minimum absolute atomic E-state index is 0.0646. The van der Waals surface area contributed by atoms with Gasteiger partial charge in [0.2, 0.25) is 0 Å². The lowest BCUT2D eigenvalue weighted by atomic mass is 9.88. The van der Waals surface area contributed by atoms with E-state index < -0.39 is 22.2 Å². The van der Waals surface area contributed by atoms with Crippen LogP contribution in [0.1, 0.15) is 32.1 Å². The molecule has 1 fully saturated rings. The minimum atomic E-state index is -1.18. The first-order chi connectivity index (χ1) is 9.99. The molecular formula is C14H18F2N2O2S. The van der Waals surface area contributed by atoms with Gasteiger partial charge in [0.15, 0.2) is 17.3 Å². The van der Waals surface area contributed by atoms with E-state index in [0.717, 1.165) is 37.8 Å². The van der Waals surface area contributed by atoms with Crippen LogP contribution < -0.4 is 5.32 Å². The molecule has 116 valence electrons. The van der Waals surface area contributed by atoms with Crippen molar-refractivity contribution in [3.63, 3.8) is 0 Å². The van der Waals surface area contributed by atoms with E-state index in [1.807, 2.05) is 6.26 Å². The normalized spacial score (nSPS) is 17.5. The molecule has 0 atom stereocenters.